The lowest BCUT2D eigenvalue weighted by atomic mass is 10.2. The van der Waals surface area contributed by atoms with Crippen LogP contribution < -0.4 is 5.32 Å². The Labute approximate surface area is 166 Å². The normalized spacial score (nSPS) is 10.5. The van der Waals surface area contributed by atoms with E-state index in [4.69, 9.17) is 9.15 Å². The average molecular weight is 397 g/mol. The number of amides is 1. The maximum Gasteiger partial charge on any atom is 0.322 e. The predicted molar refractivity (Wildman–Crippen MR) is 106 cm³/mol. The Morgan fingerprint density at radius 1 is 1.11 bits per heavy atom. The van der Waals surface area contributed by atoms with Gasteiger partial charge in [-0.2, -0.15) is 0 Å². The molecule has 8 heteroatoms. The van der Waals surface area contributed by atoms with E-state index in [1.807, 2.05) is 56.3 Å². The molecule has 0 atom stereocenters. The average Bonchev–Trinajstić information content (AvgIpc) is 3.15. The summed E-state index contributed by atoms with van der Waals surface area (Å²) in [6.45, 7) is 3.58. The van der Waals surface area contributed by atoms with Gasteiger partial charge >= 0.3 is 12.0 Å². The monoisotopic (exact) mass is 397 g/mol. The van der Waals surface area contributed by atoms with Crippen molar-refractivity contribution in [2.24, 2.45) is 0 Å². The van der Waals surface area contributed by atoms with Crippen molar-refractivity contribution in [3.63, 3.8) is 0 Å². The number of ether oxygens (including phenoxy) is 1. The van der Waals surface area contributed by atoms with Gasteiger partial charge in [0.15, 0.2) is 6.61 Å². The van der Waals surface area contributed by atoms with Gasteiger partial charge < -0.3 is 9.15 Å². The summed E-state index contributed by atoms with van der Waals surface area (Å²) >= 11 is 1.37. The number of aromatic nitrogens is 2. The summed E-state index contributed by atoms with van der Waals surface area (Å²) in [6.07, 6.45) is 0. The number of aryl methyl sites for hydroxylation is 2. The molecule has 1 aromatic heterocycles. The van der Waals surface area contributed by atoms with Crippen molar-refractivity contribution < 1.29 is 18.7 Å². The molecule has 0 saturated heterocycles. The van der Waals surface area contributed by atoms with Gasteiger partial charge in [0.1, 0.15) is 0 Å². The molecule has 0 bridgehead atoms. The van der Waals surface area contributed by atoms with Gasteiger partial charge in [0.2, 0.25) is 5.89 Å². The highest BCUT2D eigenvalue weighted by Crippen LogP contribution is 2.23. The van der Waals surface area contributed by atoms with Crippen molar-refractivity contribution in [3.8, 4) is 11.5 Å². The zero-order chi connectivity index (χ0) is 19.9. The van der Waals surface area contributed by atoms with Crippen molar-refractivity contribution in [1.82, 2.24) is 10.2 Å². The summed E-state index contributed by atoms with van der Waals surface area (Å²) in [5, 5.41) is 10.0. The van der Waals surface area contributed by atoms with Crippen LogP contribution in [-0.2, 0) is 14.3 Å². The summed E-state index contributed by atoms with van der Waals surface area (Å²) in [5.74, 6) is -0.614. The van der Waals surface area contributed by atoms with E-state index in [-0.39, 0.29) is 17.7 Å². The molecule has 0 radical (unpaired) electrons. The molecular weight excluding hydrogens is 378 g/mol. The lowest BCUT2D eigenvalue weighted by Gasteiger charge is -2.07. The topological polar surface area (TPSA) is 94.3 Å². The minimum atomic E-state index is -0.548. The zero-order valence-corrected chi connectivity index (χ0v) is 16.3. The minimum absolute atomic E-state index is 0.0513. The SMILES string of the molecule is Cc1ccc(SCC(=O)OCC(=O)Nc2nnc(-c3ccccc3)o2)c(C)c1. The Hall–Kier alpha value is -3.13. The first kappa shape index (κ1) is 19.6. The van der Waals surface area contributed by atoms with E-state index in [0.717, 1.165) is 21.6 Å². The Balaban J connectivity index is 1.44. The molecule has 0 aliphatic carbocycles. The Morgan fingerprint density at radius 2 is 1.89 bits per heavy atom. The van der Waals surface area contributed by atoms with Crippen molar-refractivity contribution in [1.29, 1.82) is 0 Å². The summed E-state index contributed by atoms with van der Waals surface area (Å²) in [4.78, 5) is 24.8. The maximum atomic E-state index is 11.9. The van der Waals surface area contributed by atoms with Gasteiger partial charge in [-0.1, -0.05) is 41.0 Å². The van der Waals surface area contributed by atoms with E-state index < -0.39 is 18.5 Å². The van der Waals surface area contributed by atoms with Gasteiger partial charge in [0.05, 0.1) is 5.75 Å². The smallest absolute Gasteiger partial charge is 0.322 e. The molecule has 0 aliphatic heterocycles. The van der Waals surface area contributed by atoms with Crippen molar-refractivity contribution >= 4 is 29.7 Å². The number of rotatable bonds is 7. The molecule has 0 aliphatic rings. The molecule has 0 fully saturated rings. The number of esters is 1. The standard InChI is InChI=1S/C20H19N3O4S/c1-13-8-9-16(14(2)10-13)28-12-18(25)26-11-17(24)21-20-23-22-19(27-20)15-6-4-3-5-7-15/h3-10H,11-12H2,1-2H3,(H,21,23,24). The number of hydrogen-bond acceptors (Lipinski definition) is 7. The molecule has 7 nitrogen and oxygen atoms in total. The lowest BCUT2D eigenvalue weighted by Crippen LogP contribution is -2.21. The van der Waals surface area contributed by atoms with Gasteiger partial charge in [-0.3, -0.25) is 14.9 Å². The fraction of sp³-hybridized carbons (Fsp3) is 0.200. The lowest BCUT2D eigenvalue weighted by molar-refractivity contribution is -0.144. The number of nitrogens with zero attached hydrogens (tertiary/aromatic N) is 2. The van der Waals surface area contributed by atoms with Crippen LogP contribution in [0.3, 0.4) is 0 Å². The van der Waals surface area contributed by atoms with Crippen LogP contribution in [0.5, 0.6) is 0 Å². The fourth-order valence-electron chi connectivity index (χ4n) is 2.41. The van der Waals surface area contributed by atoms with Crippen LogP contribution in [0.25, 0.3) is 11.5 Å². The first-order chi connectivity index (χ1) is 13.5. The molecule has 0 unspecified atom stereocenters. The molecule has 1 heterocycles. The number of hydrogen-bond donors (Lipinski definition) is 1. The van der Waals surface area contributed by atoms with Gasteiger partial charge in [-0.05, 0) is 37.6 Å². The van der Waals surface area contributed by atoms with Crippen molar-refractivity contribution in [2.75, 3.05) is 17.7 Å². The van der Waals surface area contributed by atoms with Crippen LogP contribution in [0.4, 0.5) is 6.01 Å². The Morgan fingerprint density at radius 3 is 2.64 bits per heavy atom. The molecular formula is C20H19N3O4S. The van der Waals surface area contributed by atoms with E-state index in [1.54, 1.807) is 0 Å². The molecule has 2 aromatic carbocycles. The molecule has 1 amide bonds. The largest absolute Gasteiger partial charge is 0.455 e. The van der Waals surface area contributed by atoms with E-state index in [1.165, 1.54) is 11.8 Å². The fourth-order valence-corrected chi connectivity index (χ4v) is 3.22. The number of benzene rings is 2. The van der Waals surface area contributed by atoms with Crippen LogP contribution in [0.15, 0.2) is 57.8 Å². The summed E-state index contributed by atoms with van der Waals surface area (Å²) < 4.78 is 10.4. The van der Waals surface area contributed by atoms with Crippen LogP contribution in [0, 0.1) is 13.8 Å². The second-order valence-corrected chi connectivity index (χ2v) is 7.06. The van der Waals surface area contributed by atoms with Crippen molar-refractivity contribution in [3.05, 3.63) is 59.7 Å². The van der Waals surface area contributed by atoms with Gasteiger partial charge in [-0.15, -0.1) is 16.9 Å². The second kappa shape index (κ2) is 9.18. The first-order valence-electron chi connectivity index (χ1n) is 8.56. The highest BCUT2D eigenvalue weighted by molar-refractivity contribution is 8.00. The molecule has 3 rings (SSSR count). The third-order valence-electron chi connectivity index (χ3n) is 3.73. The number of carbonyl (C=O) groups excluding carboxylic acids is 2. The summed E-state index contributed by atoms with van der Waals surface area (Å²) in [7, 11) is 0. The highest BCUT2D eigenvalue weighted by Gasteiger charge is 2.13. The van der Waals surface area contributed by atoms with Crippen molar-refractivity contribution in [2.45, 2.75) is 18.7 Å². The van der Waals surface area contributed by atoms with Gasteiger partial charge in [0, 0.05) is 10.5 Å². The summed E-state index contributed by atoms with van der Waals surface area (Å²) in [5.41, 5.74) is 3.00. The maximum absolute atomic E-state index is 11.9. The Bertz CT molecular complexity index is 973. The predicted octanol–water partition coefficient (Wildman–Crippen LogP) is 3.63. The third-order valence-corrected chi connectivity index (χ3v) is 4.88. The molecule has 1 N–H and O–H groups in total. The number of carbonyl (C=O) groups is 2. The number of nitrogens with one attached hydrogen (secondary N) is 1. The molecule has 28 heavy (non-hydrogen) atoms. The highest BCUT2D eigenvalue weighted by atomic mass is 32.2. The summed E-state index contributed by atoms with van der Waals surface area (Å²) in [6, 6.07) is 15.1. The van der Waals surface area contributed by atoms with E-state index in [9.17, 15) is 9.59 Å². The zero-order valence-electron chi connectivity index (χ0n) is 15.5. The third kappa shape index (κ3) is 5.43. The molecule has 3 aromatic rings. The van der Waals surface area contributed by atoms with E-state index >= 15 is 0 Å². The molecule has 0 spiro atoms. The number of thioether (sulfide) groups is 1. The van der Waals surface area contributed by atoms with Crippen LogP contribution in [-0.4, -0.2) is 34.4 Å². The van der Waals surface area contributed by atoms with Crippen LogP contribution in [0.2, 0.25) is 0 Å². The first-order valence-corrected chi connectivity index (χ1v) is 9.54. The second-order valence-electron chi connectivity index (χ2n) is 6.04. The Kier molecular flexibility index (Phi) is 6.44. The van der Waals surface area contributed by atoms with Crippen LogP contribution >= 0.6 is 11.8 Å². The van der Waals surface area contributed by atoms with E-state index in [2.05, 4.69) is 21.6 Å². The number of anilines is 1. The van der Waals surface area contributed by atoms with Crippen LogP contribution in [0.1, 0.15) is 11.1 Å². The van der Waals surface area contributed by atoms with Gasteiger partial charge in [-0.25, -0.2) is 0 Å². The molecule has 144 valence electrons. The quantitative estimate of drug-likeness (QED) is 0.480. The van der Waals surface area contributed by atoms with E-state index in [0.29, 0.717) is 0 Å². The minimum Gasteiger partial charge on any atom is -0.455 e. The van der Waals surface area contributed by atoms with Gasteiger partial charge in [0.25, 0.3) is 5.91 Å². The molecule has 0 saturated carbocycles.